The summed E-state index contributed by atoms with van der Waals surface area (Å²) in [5, 5.41) is 10.9. The van der Waals surface area contributed by atoms with Crippen LogP contribution in [0.2, 0.25) is 0 Å². The van der Waals surface area contributed by atoms with Crippen molar-refractivity contribution in [3.8, 4) is 11.5 Å². The van der Waals surface area contributed by atoms with Gasteiger partial charge >= 0.3 is 0 Å². The van der Waals surface area contributed by atoms with E-state index < -0.39 is 57.4 Å². The average Bonchev–Trinajstić information content (AvgIpc) is 3.16. The maximum Gasteiger partial charge on any atom is 0.264 e. The van der Waals surface area contributed by atoms with Gasteiger partial charge in [-0.2, -0.15) is 0 Å². The number of rotatable bonds is 5. The van der Waals surface area contributed by atoms with Crippen molar-refractivity contribution in [2.24, 2.45) is 0 Å². The van der Waals surface area contributed by atoms with Crippen molar-refractivity contribution in [2.45, 2.75) is 56.8 Å². The monoisotopic (exact) mass is 762 g/mol. The van der Waals surface area contributed by atoms with E-state index in [0.29, 0.717) is 22.7 Å². The number of amides is 5. The Morgan fingerprint density at radius 1 is 0.815 bits per heavy atom. The fourth-order valence-corrected chi connectivity index (χ4v) is 6.59. The van der Waals surface area contributed by atoms with E-state index in [1.807, 2.05) is 30.3 Å². The van der Waals surface area contributed by atoms with Crippen molar-refractivity contribution in [1.29, 1.82) is 0 Å². The minimum absolute atomic E-state index is 0.0860. The van der Waals surface area contributed by atoms with Crippen molar-refractivity contribution in [1.82, 2.24) is 26.2 Å². The second-order valence-corrected chi connectivity index (χ2v) is 15.5. The first kappa shape index (κ1) is 39.6. The third-order valence-electron chi connectivity index (χ3n) is 9.46. The van der Waals surface area contributed by atoms with Crippen LogP contribution in [0, 0.1) is 0 Å². The maximum absolute atomic E-state index is 14.2. The van der Waals surface area contributed by atoms with E-state index >= 15 is 0 Å². The first-order valence-electron chi connectivity index (χ1n) is 17.6. The zero-order valence-corrected chi connectivity index (χ0v) is 31.5. The van der Waals surface area contributed by atoms with Crippen LogP contribution in [0.25, 0.3) is 0 Å². The van der Waals surface area contributed by atoms with Crippen LogP contribution in [0.4, 0.5) is 5.69 Å². The van der Waals surface area contributed by atoms with Gasteiger partial charge < -0.3 is 35.6 Å². The van der Waals surface area contributed by atoms with Gasteiger partial charge in [0.2, 0.25) is 27.7 Å². The van der Waals surface area contributed by atoms with Crippen molar-refractivity contribution in [3.05, 3.63) is 90.0 Å². The molecule has 15 nitrogen and oxygen atoms in total. The quantitative estimate of drug-likeness (QED) is 0.278. The van der Waals surface area contributed by atoms with Crippen molar-refractivity contribution in [2.75, 3.05) is 43.8 Å². The van der Waals surface area contributed by atoms with E-state index in [-0.39, 0.29) is 51.4 Å². The molecule has 0 unspecified atom stereocenters. The molecule has 1 saturated heterocycles. The van der Waals surface area contributed by atoms with Crippen molar-refractivity contribution in [3.63, 3.8) is 0 Å². The number of hydrogen-bond acceptors (Lipinski definition) is 9. The number of fused-ring (bicyclic) bond motifs is 15. The molecule has 288 valence electrons. The highest BCUT2D eigenvalue weighted by Crippen LogP contribution is 2.31. The molecule has 16 heteroatoms. The van der Waals surface area contributed by atoms with Crippen LogP contribution < -0.4 is 35.0 Å². The largest absolute Gasteiger partial charge is 0.492 e. The van der Waals surface area contributed by atoms with E-state index in [9.17, 15) is 32.4 Å². The van der Waals surface area contributed by atoms with E-state index in [1.165, 1.54) is 20.9 Å². The van der Waals surface area contributed by atoms with Gasteiger partial charge in [0.05, 0.1) is 18.5 Å². The minimum Gasteiger partial charge on any atom is -0.492 e. The molecule has 4 N–H and O–H groups in total. The Morgan fingerprint density at radius 3 is 2.06 bits per heavy atom. The fourth-order valence-electron chi connectivity index (χ4n) is 6.09. The second-order valence-electron chi connectivity index (χ2n) is 13.5. The van der Waals surface area contributed by atoms with Gasteiger partial charge in [0.1, 0.15) is 36.2 Å². The van der Waals surface area contributed by atoms with Crippen LogP contribution in [0.15, 0.2) is 78.9 Å². The number of likely N-dealkylation sites (tertiary alicyclic amines) is 1. The molecule has 3 aliphatic heterocycles. The molecule has 2 bridgehead atoms. The molecule has 3 aromatic rings. The zero-order chi connectivity index (χ0) is 39.0. The Balaban J connectivity index is 1.36. The lowest BCUT2D eigenvalue weighted by Gasteiger charge is -2.41. The van der Waals surface area contributed by atoms with Gasteiger partial charge in [0.25, 0.3) is 11.8 Å². The summed E-state index contributed by atoms with van der Waals surface area (Å²) in [6.07, 6.45) is 1.39. The highest BCUT2D eigenvalue weighted by atomic mass is 32.2. The van der Waals surface area contributed by atoms with E-state index in [4.69, 9.17) is 9.47 Å². The number of carbonyl (C=O) groups is 5. The van der Waals surface area contributed by atoms with E-state index in [2.05, 4.69) is 21.3 Å². The van der Waals surface area contributed by atoms with Gasteiger partial charge in [-0.05, 0) is 67.9 Å². The predicted molar refractivity (Wildman–Crippen MR) is 200 cm³/mol. The van der Waals surface area contributed by atoms with E-state index in [0.717, 1.165) is 16.1 Å². The molecule has 6 rings (SSSR count). The van der Waals surface area contributed by atoms with Gasteiger partial charge in [0.15, 0.2) is 5.60 Å². The summed E-state index contributed by atoms with van der Waals surface area (Å²) in [6, 6.07) is 18.8. The summed E-state index contributed by atoms with van der Waals surface area (Å²) in [4.78, 5) is 69.0. The lowest BCUT2D eigenvalue weighted by Crippen LogP contribution is -2.61. The molecule has 3 atom stereocenters. The summed E-state index contributed by atoms with van der Waals surface area (Å²) >= 11 is 0. The Labute approximate surface area is 314 Å². The highest BCUT2D eigenvalue weighted by Gasteiger charge is 2.46. The van der Waals surface area contributed by atoms with Gasteiger partial charge in [-0.3, -0.25) is 28.3 Å². The maximum atomic E-state index is 14.2. The minimum atomic E-state index is -3.48. The molecule has 54 heavy (non-hydrogen) atoms. The Bertz CT molecular complexity index is 1930. The number of nitrogens with one attached hydrogen (secondary N) is 4. The molecule has 1 fully saturated rings. The number of piperidine rings is 1. The second kappa shape index (κ2) is 17.0. The summed E-state index contributed by atoms with van der Waals surface area (Å²) in [7, 11) is -2.06. The summed E-state index contributed by atoms with van der Waals surface area (Å²) < 4.78 is 37.2. The third kappa shape index (κ3) is 9.86. The Kier molecular flexibility index (Phi) is 12.5. The van der Waals surface area contributed by atoms with Crippen LogP contribution >= 0.6 is 0 Å². The lowest BCUT2D eigenvalue weighted by molar-refractivity contribution is -0.143. The standard InChI is InChI=1S/C38H46N6O9S/c1-25-33(45)39-20-23-52-30-14-16-31(17-15-30)53-38(18-21-44(22-19-38)36(48)28-10-12-29(13-11-28)43(3)54(4,50)51)37(49)41-26(2)34(46)42-32(35(47)40-25)24-27-8-6-5-7-9-27/h5-17,25-26,32H,18-24H2,1-4H3,(H,39,45)(H,40,47)(H,41,49)(H,42,46)/t25-,26-,32-/m0/s1. The smallest absolute Gasteiger partial charge is 0.264 e. The van der Waals surface area contributed by atoms with Crippen molar-refractivity contribution >= 4 is 45.2 Å². The molecule has 1 spiro atoms. The molecule has 5 amide bonds. The molecule has 0 saturated carbocycles. The molecule has 3 aromatic carbocycles. The van der Waals surface area contributed by atoms with Crippen molar-refractivity contribution < 1.29 is 41.9 Å². The van der Waals surface area contributed by atoms with Gasteiger partial charge in [-0.15, -0.1) is 0 Å². The van der Waals surface area contributed by atoms with Gasteiger partial charge in [-0.25, -0.2) is 8.42 Å². The fraction of sp³-hybridized carbons (Fsp3) is 0.395. The summed E-state index contributed by atoms with van der Waals surface area (Å²) in [5.74, 6) is -1.65. The van der Waals surface area contributed by atoms with Crippen LogP contribution in [0.1, 0.15) is 42.6 Å². The van der Waals surface area contributed by atoms with Crippen LogP contribution in [0.5, 0.6) is 11.5 Å². The average molecular weight is 763 g/mol. The number of nitrogens with zero attached hydrogens (tertiary/aromatic N) is 2. The molecular formula is C38H46N6O9S. The number of ether oxygens (including phenoxy) is 2. The SMILES string of the molecule is C[C@@H]1NC(=O)[C@H](Cc2ccccc2)NC(=O)[C@H](C)NC(=O)C2(CCN(C(=O)c3ccc(N(C)S(C)(=O)=O)cc3)CC2)Oc2ccc(cc2)OCCNC1=O. The first-order valence-corrected chi connectivity index (χ1v) is 19.5. The summed E-state index contributed by atoms with van der Waals surface area (Å²) in [6.45, 7) is 3.63. The number of carbonyl (C=O) groups excluding carboxylic acids is 5. The first-order chi connectivity index (χ1) is 25.6. The van der Waals surface area contributed by atoms with Crippen LogP contribution in [0.3, 0.4) is 0 Å². The van der Waals surface area contributed by atoms with Gasteiger partial charge in [-0.1, -0.05) is 30.3 Å². The molecule has 3 heterocycles. The predicted octanol–water partition coefficient (Wildman–Crippen LogP) is 1.38. The number of sulfonamides is 1. The third-order valence-corrected chi connectivity index (χ3v) is 10.7. The molecule has 0 radical (unpaired) electrons. The zero-order valence-electron chi connectivity index (χ0n) is 30.7. The van der Waals surface area contributed by atoms with E-state index in [1.54, 1.807) is 53.4 Å². The highest BCUT2D eigenvalue weighted by molar-refractivity contribution is 7.92. The Morgan fingerprint density at radius 2 is 1.43 bits per heavy atom. The number of anilines is 1. The van der Waals surface area contributed by atoms with Crippen LogP contribution in [-0.2, 0) is 35.6 Å². The molecule has 0 aromatic heterocycles. The normalized spacial score (nSPS) is 21.4. The lowest BCUT2D eigenvalue weighted by atomic mass is 9.89. The summed E-state index contributed by atoms with van der Waals surface area (Å²) in [5.41, 5.74) is 0.0526. The molecular weight excluding hydrogens is 717 g/mol. The van der Waals surface area contributed by atoms with Crippen LogP contribution in [-0.4, -0.2) is 106 Å². The van der Waals surface area contributed by atoms with Gasteiger partial charge in [0, 0.05) is 45.0 Å². The molecule has 0 aliphatic carbocycles. The number of benzene rings is 3. The topological polar surface area (TPSA) is 193 Å². The molecule has 3 aliphatic rings. The Hall–Kier alpha value is -5.64. The number of hydrogen-bond donors (Lipinski definition) is 4.